The van der Waals surface area contributed by atoms with E-state index < -0.39 is 11.7 Å². The molecule has 120 valence electrons. The fourth-order valence-electron chi connectivity index (χ4n) is 2.19. The molecule has 0 atom stereocenters. The second-order valence-corrected chi connectivity index (χ2v) is 4.94. The first-order valence-corrected chi connectivity index (χ1v) is 6.99. The highest BCUT2D eigenvalue weighted by atomic mass is 19.1. The first-order valence-electron chi connectivity index (χ1n) is 6.99. The maximum atomic E-state index is 12.9. The van der Waals surface area contributed by atoms with Crippen molar-refractivity contribution < 1.29 is 23.1 Å². The van der Waals surface area contributed by atoms with Gasteiger partial charge in [0.15, 0.2) is 11.5 Å². The van der Waals surface area contributed by atoms with Crippen molar-refractivity contribution in [2.75, 3.05) is 12.1 Å². The molecule has 0 unspecified atom stereocenters. The van der Waals surface area contributed by atoms with E-state index in [4.69, 9.17) is 13.9 Å². The van der Waals surface area contributed by atoms with Crippen LogP contribution in [-0.2, 0) is 0 Å². The van der Waals surface area contributed by atoms with Crippen molar-refractivity contribution in [2.45, 2.75) is 0 Å². The quantitative estimate of drug-likeness (QED) is 0.796. The molecule has 0 aliphatic carbocycles. The van der Waals surface area contributed by atoms with Crippen LogP contribution in [0.3, 0.4) is 0 Å². The average molecular weight is 327 g/mol. The number of hydrogen-bond donors (Lipinski definition) is 1. The SMILES string of the molecule is O=C(Nc1nnc(-c2ccc3c(c2)OCO3)o1)c1ccc(F)cc1. The summed E-state index contributed by atoms with van der Waals surface area (Å²) in [6.45, 7) is 0.168. The van der Waals surface area contributed by atoms with E-state index in [1.165, 1.54) is 24.3 Å². The number of amides is 1. The van der Waals surface area contributed by atoms with Crippen LogP contribution in [0.2, 0.25) is 0 Å². The molecule has 0 saturated carbocycles. The average Bonchev–Trinajstić information content (AvgIpc) is 3.23. The number of carbonyl (C=O) groups is 1. The smallest absolute Gasteiger partial charge is 0.322 e. The monoisotopic (exact) mass is 327 g/mol. The van der Waals surface area contributed by atoms with Gasteiger partial charge in [0, 0.05) is 11.1 Å². The summed E-state index contributed by atoms with van der Waals surface area (Å²) in [5.74, 6) is 0.554. The van der Waals surface area contributed by atoms with E-state index in [-0.39, 0.29) is 24.3 Å². The molecule has 2 aromatic carbocycles. The van der Waals surface area contributed by atoms with Crippen LogP contribution in [0, 0.1) is 5.82 Å². The van der Waals surface area contributed by atoms with Crippen LogP contribution in [-0.4, -0.2) is 22.9 Å². The van der Waals surface area contributed by atoms with Gasteiger partial charge >= 0.3 is 6.01 Å². The number of rotatable bonds is 3. The highest BCUT2D eigenvalue weighted by Crippen LogP contribution is 2.35. The fraction of sp³-hybridized carbons (Fsp3) is 0.0625. The Balaban J connectivity index is 1.52. The molecule has 1 aliphatic heterocycles. The molecule has 0 bridgehead atoms. The van der Waals surface area contributed by atoms with E-state index in [1.54, 1.807) is 18.2 Å². The first kappa shape index (κ1) is 14.2. The van der Waals surface area contributed by atoms with Gasteiger partial charge in [-0.3, -0.25) is 10.1 Å². The maximum Gasteiger partial charge on any atom is 0.322 e. The van der Waals surface area contributed by atoms with Crippen molar-refractivity contribution in [3.05, 3.63) is 53.8 Å². The molecule has 24 heavy (non-hydrogen) atoms. The summed E-state index contributed by atoms with van der Waals surface area (Å²) >= 11 is 0. The van der Waals surface area contributed by atoms with E-state index in [9.17, 15) is 9.18 Å². The summed E-state index contributed by atoms with van der Waals surface area (Å²) < 4.78 is 28.8. The van der Waals surface area contributed by atoms with Gasteiger partial charge in [0.05, 0.1) is 0 Å². The molecule has 4 rings (SSSR count). The molecule has 3 aromatic rings. The summed E-state index contributed by atoms with van der Waals surface area (Å²) in [5, 5.41) is 10.1. The molecular weight excluding hydrogens is 317 g/mol. The van der Waals surface area contributed by atoms with Crippen LogP contribution >= 0.6 is 0 Å². The predicted molar refractivity (Wildman–Crippen MR) is 80.2 cm³/mol. The summed E-state index contributed by atoms with van der Waals surface area (Å²) in [7, 11) is 0. The second kappa shape index (κ2) is 5.65. The van der Waals surface area contributed by atoms with Gasteiger partial charge in [-0.15, -0.1) is 5.10 Å². The van der Waals surface area contributed by atoms with Gasteiger partial charge in [-0.1, -0.05) is 5.10 Å². The van der Waals surface area contributed by atoms with E-state index in [2.05, 4.69) is 15.5 Å². The van der Waals surface area contributed by atoms with Crippen molar-refractivity contribution in [1.29, 1.82) is 0 Å². The van der Waals surface area contributed by atoms with Gasteiger partial charge in [-0.25, -0.2) is 4.39 Å². The number of halogens is 1. The summed E-state index contributed by atoms with van der Waals surface area (Å²) in [4.78, 5) is 12.0. The molecule has 0 fully saturated rings. The molecule has 8 heteroatoms. The minimum atomic E-state index is -0.476. The number of carbonyl (C=O) groups excluding carboxylic acids is 1. The summed E-state index contributed by atoms with van der Waals surface area (Å²) in [5.41, 5.74) is 0.910. The van der Waals surface area contributed by atoms with Gasteiger partial charge < -0.3 is 13.9 Å². The number of fused-ring (bicyclic) bond motifs is 1. The van der Waals surface area contributed by atoms with Crippen molar-refractivity contribution in [3.8, 4) is 23.0 Å². The lowest BCUT2D eigenvalue weighted by Crippen LogP contribution is -2.12. The maximum absolute atomic E-state index is 12.9. The largest absolute Gasteiger partial charge is 0.454 e. The Bertz CT molecular complexity index is 908. The molecule has 1 aromatic heterocycles. The Morgan fingerprint density at radius 3 is 2.67 bits per heavy atom. The standard InChI is InChI=1S/C16H10FN3O4/c17-11-4-1-9(2-5-11)14(21)18-16-20-19-15(24-16)10-3-6-12-13(7-10)23-8-22-12/h1-7H,8H2,(H,18,20,21). The van der Waals surface area contributed by atoms with E-state index in [0.29, 0.717) is 17.1 Å². The van der Waals surface area contributed by atoms with Gasteiger partial charge in [0.2, 0.25) is 12.7 Å². The molecule has 7 nitrogen and oxygen atoms in total. The molecule has 1 aliphatic rings. The second-order valence-electron chi connectivity index (χ2n) is 4.94. The molecule has 0 spiro atoms. The zero-order chi connectivity index (χ0) is 16.5. The number of aromatic nitrogens is 2. The van der Waals surface area contributed by atoms with Crippen molar-refractivity contribution >= 4 is 11.9 Å². The van der Waals surface area contributed by atoms with Gasteiger partial charge in [0.1, 0.15) is 5.82 Å². The number of anilines is 1. The summed E-state index contributed by atoms with van der Waals surface area (Å²) in [6.07, 6.45) is 0. The highest BCUT2D eigenvalue weighted by molar-refractivity contribution is 6.03. The van der Waals surface area contributed by atoms with Crippen molar-refractivity contribution in [1.82, 2.24) is 10.2 Å². The van der Waals surface area contributed by atoms with Crippen LogP contribution in [0.4, 0.5) is 10.4 Å². The molecule has 2 heterocycles. The summed E-state index contributed by atoms with van der Waals surface area (Å²) in [6, 6.07) is 10.2. The molecule has 0 saturated heterocycles. The van der Waals surface area contributed by atoms with Crippen LogP contribution in [0.1, 0.15) is 10.4 Å². The third-order valence-corrected chi connectivity index (χ3v) is 3.37. The normalized spacial score (nSPS) is 12.2. The van der Waals surface area contributed by atoms with Crippen LogP contribution < -0.4 is 14.8 Å². The Hall–Kier alpha value is -3.42. The Morgan fingerprint density at radius 1 is 1.04 bits per heavy atom. The predicted octanol–water partition coefficient (Wildman–Crippen LogP) is 2.86. The van der Waals surface area contributed by atoms with Gasteiger partial charge in [-0.05, 0) is 42.5 Å². The third kappa shape index (κ3) is 2.65. The lowest BCUT2D eigenvalue weighted by molar-refractivity contribution is 0.102. The van der Waals surface area contributed by atoms with Crippen molar-refractivity contribution in [2.24, 2.45) is 0 Å². The lowest BCUT2D eigenvalue weighted by Gasteiger charge is -2.00. The molecule has 1 amide bonds. The number of nitrogens with zero attached hydrogens (tertiary/aromatic N) is 2. The van der Waals surface area contributed by atoms with Crippen molar-refractivity contribution in [3.63, 3.8) is 0 Å². The number of benzene rings is 2. The lowest BCUT2D eigenvalue weighted by atomic mass is 10.2. The van der Waals surface area contributed by atoms with Crippen LogP contribution in [0.5, 0.6) is 11.5 Å². The fourth-order valence-corrected chi connectivity index (χ4v) is 2.19. The zero-order valence-electron chi connectivity index (χ0n) is 12.2. The van der Waals surface area contributed by atoms with E-state index in [0.717, 1.165) is 0 Å². The number of hydrogen-bond acceptors (Lipinski definition) is 6. The molecule has 1 N–H and O–H groups in total. The Kier molecular flexibility index (Phi) is 3.34. The van der Waals surface area contributed by atoms with Crippen LogP contribution in [0.25, 0.3) is 11.5 Å². The zero-order valence-corrected chi connectivity index (χ0v) is 12.2. The number of nitrogens with one attached hydrogen (secondary N) is 1. The van der Waals surface area contributed by atoms with Gasteiger partial charge in [0.25, 0.3) is 5.91 Å². The van der Waals surface area contributed by atoms with Crippen LogP contribution in [0.15, 0.2) is 46.9 Å². The Morgan fingerprint density at radius 2 is 1.83 bits per heavy atom. The minimum Gasteiger partial charge on any atom is -0.454 e. The molecule has 0 radical (unpaired) electrons. The third-order valence-electron chi connectivity index (χ3n) is 3.37. The van der Waals surface area contributed by atoms with E-state index >= 15 is 0 Å². The number of ether oxygens (including phenoxy) is 2. The Labute approximate surface area is 135 Å². The van der Waals surface area contributed by atoms with E-state index in [1.807, 2.05) is 0 Å². The van der Waals surface area contributed by atoms with Gasteiger partial charge in [-0.2, -0.15) is 0 Å². The topological polar surface area (TPSA) is 86.5 Å². The highest BCUT2D eigenvalue weighted by Gasteiger charge is 2.17. The molecular formula is C16H10FN3O4. The minimum absolute atomic E-state index is 0.0583. The first-order chi connectivity index (χ1) is 11.7.